The van der Waals surface area contributed by atoms with Crippen LogP contribution in [0.2, 0.25) is 0 Å². The smallest absolute Gasteiger partial charge is 0.116 e. The largest absolute Gasteiger partial charge is 0.508 e. The van der Waals surface area contributed by atoms with Gasteiger partial charge in [-0.15, -0.1) is 11.3 Å². The van der Waals surface area contributed by atoms with E-state index in [0.29, 0.717) is 5.56 Å². The molecular weight excluding hydrogens is 306 g/mol. The van der Waals surface area contributed by atoms with Gasteiger partial charge in [0.1, 0.15) is 17.6 Å². The van der Waals surface area contributed by atoms with Crippen LogP contribution in [-0.2, 0) is 0 Å². The molecule has 0 fully saturated rings. The van der Waals surface area contributed by atoms with Crippen LogP contribution in [0.4, 0.5) is 0 Å². The van der Waals surface area contributed by atoms with Crippen molar-refractivity contribution in [1.82, 2.24) is 0 Å². The second-order valence-electron chi connectivity index (χ2n) is 5.34. The van der Waals surface area contributed by atoms with E-state index in [4.69, 9.17) is 0 Å². The minimum absolute atomic E-state index is 0.190. The monoisotopic (exact) mass is 317 g/mol. The average Bonchev–Trinajstić information content (AvgIpc) is 2.99. The summed E-state index contributed by atoms with van der Waals surface area (Å²) in [5.74, 6) is 0.420. The molecule has 0 saturated heterocycles. The molecule has 4 aromatic rings. The maximum Gasteiger partial charge on any atom is 0.116 e. The number of aromatic hydroxyl groups is 2. The fourth-order valence-corrected chi connectivity index (χ4v) is 3.92. The van der Waals surface area contributed by atoms with Gasteiger partial charge in [0, 0.05) is 10.3 Å². The van der Waals surface area contributed by atoms with Gasteiger partial charge < -0.3 is 10.2 Å². The fraction of sp³-hybridized carbons (Fsp3) is 0. The van der Waals surface area contributed by atoms with E-state index in [1.165, 1.54) is 0 Å². The van der Waals surface area contributed by atoms with Crippen molar-refractivity contribution in [3.8, 4) is 28.0 Å². The maximum atomic E-state index is 9.67. The van der Waals surface area contributed by atoms with Crippen LogP contribution in [0.1, 0.15) is 5.56 Å². The highest BCUT2D eigenvalue weighted by Gasteiger charge is 2.12. The van der Waals surface area contributed by atoms with E-state index >= 15 is 0 Å². The first-order valence-corrected chi connectivity index (χ1v) is 7.86. The molecule has 110 valence electrons. The third-order valence-corrected chi connectivity index (χ3v) is 5.09. The number of hydrogen-bond donors (Lipinski definition) is 2. The number of phenols is 2. The van der Waals surface area contributed by atoms with Gasteiger partial charge >= 0.3 is 0 Å². The van der Waals surface area contributed by atoms with Crippen molar-refractivity contribution in [2.45, 2.75) is 0 Å². The van der Waals surface area contributed by atoms with Crippen LogP contribution in [0.3, 0.4) is 0 Å². The van der Waals surface area contributed by atoms with Crippen LogP contribution in [-0.4, -0.2) is 10.2 Å². The number of fused-ring (bicyclic) bond motifs is 3. The molecule has 0 atom stereocenters. The quantitative estimate of drug-likeness (QED) is 0.519. The molecule has 0 saturated carbocycles. The lowest BCUT2D eigenvalue weighted by Crippen LogP contribution is -1.79. The maximum absolute atomic E-state index is 9.67. The molecule has 0 amide bonds. The van der Waals surface area contributed by atoms with E-state index in [9.17, 15) is 15.5 Å². The van der Waals surface area contributed by atoms with Gasteiger partial charge in [-0.05, 0) is 64.9 Å². The number of hydrogen-bond acceptors (Lipinski definition) is 4. The lowest BCUT2D eigenvalue weighted by atomic mass is 10.0. The Kier molecular flexibility index (Phi) is 2.97. The zero-order valence-corrected chi connectivity index (χ0v) is 12.8. The molecule has 0 aliphatic heterocycles. The Morgan fingerprint density at radius 2 is 1.57 bits per heavy atom. The van der Waals surface area contributed by atoms with E-state index in [1.807, 2.05) is 24.3 Å². The third kappa shape index (κ3) is 2.19. The van der Waals surface area contributed by atoms with E-state index < -0.39 is 0 Å². The van der Waals surface area contributed by atoms with Crippen LogP contribution < -0.4 is 0 Å². The summed E-state index contributed by atoms with van der Waals surface area (Å²) in [6.45, 7) is 0. The van der Waals surface area contributed by atoms with Crippen LogP contribution >= 0.6 is 11.3 Å². The Labute approximate surface area is 136 Å². The van der Waals surface area contributed by atoms with Gasteiger partial charge in [-0.25, -0.2) is 0 Å². The lowest BCUT2D eigenvalue weighted by molar-refractivity contribution is 0.475. The molecule has 4 rings (SSSR count). The molecule has 0 radical (unpaired) electrons. The zero-order valence-electron chi connectivity index (χ0n) is 11.9. The predicted octanol–water partition coefficient (Wildman–Crippen LogP) is 5.00. The minimum atomic E-state index is 0.190. The highest BCUT2D eigenvalue weighted by molar-refractivity contribution is 7.22. The molecule has 4 heteroatoms. The van der Waals surface area contributed by atoms with Gasteiger partial charge in [0.25, 0.3) is 0 Å². The summed E-state index contributed by atoms with van der Waals surface area (Å²) in [5.41, 5.74) is 1.60. The Balaban J connectivity index is 2.05. The summed E-state index contributed by atoms with van der Waals surface area (Å²) in [4.78, 5) is 1.04. The molecule has 1 aromatic heterocycles. The molecular formula is C19H11NO2S. The molecule has 0 aliphatic carbocycles. The SMILES string of the molecule is N#Cc1cc2cc(O)ccc2c2cc(-c3ccc(O)cc3)sc12. The van der Waals surface area contributed by atoms with Crippen molar-refractivity contribution < 1.29 is 10.2 Å². The van der Waals surface area contributed by atoms with Crippen molar-refractivity contribution in [3.63, 3.8) is 0 Å². The van der Waals surface area contributed by atoms with Gasteiger partial charge in [-0.1, -0.05) is 6.07 Å². The van der Waals surface area contributed by atoms with Crippen molar-refractivity contribution in [3.05, 3.63) is 60.2 Å². The van der Waals surface area contributed by atoms with Gasteiger partial charge in [0.05, 0.1) is 10.3 Å². The molecule has 0 bridgehead atoms. The van der Waals surface area contributed by atoms with Crippen molar-refractivity contribution in [2.24, 2.45) is 0 Å². The highest BCUT2D eigenvalue weighted by Crippen LogP contribution is 2.40. The number of nitriles is 1. The molecule has 23 heavy (non-hydrogen) atoms. The molecule has 3 nitrogen and oxygen atoms in total. The first kappa shape index (κ1) is 13.6. The molecule has 0 spiro atoms. The summed E-state index contributed by atoms with van der Waals surface area (Å²) >= 11 is 1.56. The number of phenolic OH excluding ortho intramolecular Hbond substituents is 2. The average molecular weight is 317 g/mol. The summed E-state index contributed by atoms with van der Waals surface area (Å²) in [5, 5.41) is 31.4. The topological polar surface area (TPSA) is 64.2 Å². The second-order valence-corrected chi connectivity index (χ2v) is 6.39. The lowest BCUT2D eigenvalue weighted by Gasteiger charge is -2.02. The van der Waals surface area contributed by atoms with Gasteiger partial charge in [0.2, 0.25) is 0 Å². The standard InChI is InChI=1S/C19H11NO2S/c20-10-13-7-12-8-15(22)5-6-16(12)17-9-18(23-19(13)17)11-1-3-14(21)4-2-11/h1-9,21-22H. The first-order chi connectivity index (χ1) is 11.2. The summed E-state index contributed by atoms with van der Waals surface area (Å²) < 4.78 is 0.939. The van der Waals surface area contributed by atoms with Crippen LogP contribution in [0.5, 0.6) is 11.5 Å². The van der Waals surface area contributed by atoms with Gasteiger partial charge in [-0.2, -0.15) is 5.26 Å². The Morgan fingerprint density at radius 1 is 0.826 bits per heavy atom. The number of nitrogens with zero attached hydrogens (tertiary/aromatic N) is 1. The Morgan fingerprint density at radius 3 is 2.30 bits per heavy atom. The summed E-state index contributed by atoms with van der Waals surface area (Å²) in [6.07, 6.45) is 0. The van der Waals surface area contributed by atoms with E-state index in [0.717, 1.165) is 31.3 Å². The minimum Gasteiger partial charge on any atom is -0.508 e. The normalized spacial score (nSPS) is 10.9. The first-order valence-electron chi connectivity index (χ1n) is 7.04. The fourth-order valence-electron chi connectivity index (χ4n) is 2.78. The third-order valence-electron chi connectivity index (χ3n) is 3.87. The number of benzene rings is 3. The molecule has 1 heterocycles. The Bertz CT molecular complexity index is 1090. The molecule has 0 aliphatic rings. The van der Waals surface area contributed by atoms with Gasteiger partial charge in [-0.3, -0.25) is 0 Å². The number of thiophene rings is 1. The van der Waals surface area contributed by atoms with E-state index in [-0.39, 0.29) is 11.5 Å². The molecule has 3 aromatic carbocycles. The molecule has 0 unspecified atom stereocenters. The van der Waals surface area contributed by atoms with E-state index in [1.54, 1.807) is 35.6 Å². The van der Waals surface area contributed by atoms with Crippen molar-refractivity contribution >= 4 is 32.2 Å². The highest BCUT2D eigenvalue weighted by atomic mass is 32.1. The van der Waals surface area contributed by atoms with Crippen LogP contribution in [0.15, 0.2) is 54.6 Å². The predicted molar refractivity (Wildman–Crippen MR) is 92.8 cm³/mol. The molecule has 2 N–H and O–H groups in total. The summed E-state index contributed by atoms with van der Waals surface area (Å²) in [7, 11) is 0. The summed E-state index contributed by atoms with van der Waals surface area (Å²) in [6, 6.07) is 18.4. The van der Waals surface area contributed by atoms with Crippen molar-refractivity contribution in [1.29, 1.82) is 5.26 Å². The zero-order chi connectivity index (χ0) is 16.0. The second kappa shape index (κ2) is 5.01. The van der Waals surface area contributed by atoms with Gasteiger partial charge in [0.15, 0.2) is 0 Å². The van der Waals surface area contributed by atoms with Crippen LogP contribution in [0.25, 0.3) is 31.3 Å². The van der Waals surface area contributed by atoms with Crippen molar-refractivity contribution in [2.75, 3.05) is 0 Å². The van der Waals surface area contributed by atoms with E-state index in [2.05, 4.69) is 12.1 Å². The van der Waals surface area contributed by atoms with Crippen LogP contribution in [0, 0.1) is 11.3 Å². The Hall–Kier alpha value is -3.03. The number of rotatable bonds is 1.